The van der Waals surface area contributed by atoms with Gasteiger partial charge < -0.3 is 14.4 Å². The van der Waals surface area contributed by atoms with Gasteiger partial charge in [0, 0.05) is 63.6 Å². The number of likely N-dealkylation sites (tertiary alicyclic amines) is 1. The molecule has 152 valence electrons. The number of methoxy groups -OCH3 is 1. The van der Waals surface area contributed by atoms with Gasteiger partial charge in [-0.3, -0.25) is 14.4 Å². The monoisotopic (exact) mass is 404 g/mol. The molecule has 2 aromatic heterocycles. The van der Waals surface area contributed by atoms with Crippen molar-refractivity contribution in [1.82, 2.24) is 19.6 Å². The third-order valence-electron chi connectivity index (χ3n) is 5.95. The predicted octanol–water partition coefficient (Wildman–Crippen LogP) is 1.63. The van der Waals surface area contributed by atoms with Crippen LogP contribution in [0, 0.1) is 6.92 Å². The van der Waals surface area contributed by atoms with E-state index in [1.54, 1.807) is 24.6 Å². The highest BCUT2D eigenvalue weighted by atomic mass is 32.1. The first-order valence-electron chi connectivity index (χ1n) is 9.70. The summed E-state index contributed by atoms with van der Waals surface area (Å²) in [6.07, 6.45) is 1.80. The van der Waals surface area contributed by atoms with Crippen molar-refractivity contribution in [2.45, 2.75) is 25.0 Å². The number of aromatic nitrogens is 2. The average Bonchev–Trinajstić information content (AvgIpc) is 3.37. The minimum Gasteiger partial charge on any atom is -0.383 e. The second-order valence-electron chi connectivity index (χ2n) is 7.65. The molecule has 2 fully saturated rings. The van der Waals surface area contributed by atoms with Crippen LogP contribution in [-0.2, 0) is 27.9 Å². The van der Waals surface area contributed by atoms with Crippen LogP contribution in [0.2, 0.25) is 0 Å². The number of rotatable bonds is 6. The number of hydrogen-bond acceptors (Lipinski definition) is 6. The van der Waals surface area contributed by atoms with Gasteiger partial charge in [0.25, 0.3) is 5.91 Å². The van der Waals surface area contributed by atoms with Crippen molar-refractivity contribution < 1.29 is 14.3 Å². The van der Waals surface area contributed by atoms with Gasteiger partial charge in [0.05, 0.1) is 19.1 Å². The first-order valence-corrected chi connectivity index (χ1v) is 10.6. The Kier molecular flexibility index (Phi) is 5.55. The Morgan fingerprint density at radius 2 is 2.29 bits per heavy atom. The van der Waals surface area contributed by atoms with Crippen molar-refractivity contribution >= 4 is 17.2 Å². The van der Waals surface area contributed by atoms with Crippen molar-refractivity contribution in [2.75, 3.05) is 46.5 Å². The molecule has 2 unspecified atom stereocenters. The maximum atomic E-state index is 13.6. The fourth-order valence-corrected chi connectivity index (χ4v) is 5.35. The summed E-state index contributed by atoms with van der Waals surface area (Å²) >= 11 is 1.77. The van der Waals surface area contributed by atoms with Crippen LogP contribution in [0.5, 0.6) is 0 Å². The molecule has 28 heavy (non-hydrogen) atoms. The van der Waals surface area contributed by atoms with Gasteiger partial charge in [-0.1, -0.05) is 0 Å². The normalized spacial score (nSPS) is 25.9. The number of hydrogen-bond donors (Lipinski definition) is 0. The molecule has 4 rings (SSSR count). The van der Waals surface area contributed by atoms with E-state index in [2.05, 4.69) is 28.4 Å². The minimum absolute atomic E-state index is 0.0434. The Morgan fingerprint density at radius 3 is 2.96 bits per heavy atom. The third kappa shape index (κ3) is 3.39. The van der Waals surface area contributed by atoms with E-state index in [4.69, 9.17) is 9.47 Å². The molecule has 7 nitrogen and oxygen atoms in total. The maximum Gasteiger partial charge on any atom is 0.257 e. The number of carbonyl (C=O) groups is 1. The summed E-state index contributed by atoms with van der Waals surface area (Å²) in [5, 5.41) is 6.48. The Balaban J connectivity index is 1.64. The standard InChI is InChI=1S/C20H28N4O3S/c1-15-5-11-28-18(15)13-23-12-16(17-4-6-21-22(17)2)20(14-23)19(25)24(7-9-26-3)8-10-27-20/h4-6,11,16H,7-10,12-14H2,1-3H3. The molecule has 0 aliphatic carbocycles. The van der Waals surface area contributed by atoms with Crippen LogP contribution in [0.25, 0.3) is 0 Å². The highest BCUT2D eigenvalue weighted by molar-refractivity contribution is 7.10. The van der Waals surface area contributed by atoms with Gasteiger partial charge in [-0.2, -0.15) is 5.10 Å². The fourth-order valence-electron chi connectivity index (χ4n) is 4.41. The summed E-state index contributed by atoms with van der Waals surface area (Å²) in [7, 11) is 3.60. The van der Waals surface area contributed by atoms with E-state index in [0.29, 0.717) is 32.8 Å². The quantitative estimate of drug-likeness (QED) is 0.733. The second-order valence-corrected chi connectivity index (χ2v) is 8.65. The summed E-state index contributed by atoms with van der Waals surface area (Å²) in [4.78, 5) is 19.2. The van der Waals surface area contributed by atoms with Crippen LogP contribution in [0.1, 0.15) is 22.1 Å². The smallest absolute Gasteiger partial charge is 0.257 e. The molecule has 0 bridgehead atoms. The maximum absolute atomic E-state index is 13.6. The highest BCUT2D eigenvalue weighted by Gasteiger charge is 2.57. The van der Waals surface area contributed by atoms with E-state index in [9.17, 15) is 4.79 Å². The topological polar surface area (TPSA) is 59.8 Å². The summed E-state index contributed by atoms with van der Waals surface area (Å²) < 4.78 is 13.4. The van der Waals surface area contributed by atoms with Gasteiger partial charge in [-0.05, 0) is 30.0 Å². The van der Waals surface area contributed by atoms with Crippen LogP contribution < -0.4 is 0 Å². The van der Waals surface area contributed by atoms with Gasteiger partial charge >= 0.3 is 0 Å². The van der Waals surface area contributed by atoms with Gasteiger partial charge in [-0.15, -0.1) is 11.3 Å². The molecule has 8 heteroatoms. The number of thiophene rings is 1. The number of morpholine rings is 1. The van der Waals surface area contributed by atoms with Crippen LogP contribution in [0.15, 0.2) is 23.7 Å². The second kappa shape index (κ2) is 7.94. The SMILES string of the molecule is COCCN1CCOC2(CN(Cc3sccc3C)CC2c2ccnn2C)C1=O. The van der Waals surface area contributed by atoms with Gasteiger partial charge in [0.1, 0.15) is 0 Å². The van der Waals surface area contributed by atoms with Crippen molar-refractivity contribution in [3.05, 3.63) is 39.8 Å². The number of ether oxygens (including phenoxy) is 2. The van der Waals surface area contributed by atoms with Crippen LogP contribution in [-0.4, -0.2) is 77.6 Å². The van der Waals surface area contributed by atoms with Crippen LogP contribution in [0.3, 0.4) is 0 Å². The molecule has 0 saturated carbocycles. The summed E-state index contributed by atoms with van der Waals surface area (Å²) in [5.74, 6) is 0.0329. The Bertz CT molecular complexity index is 835. The average molecular weight is 405 g/mol. The number of aryl methyl sites for hydroxylation is 2. The van der Waals surface area contributed by atoms with Gasteiger partial charge in [-0.25, -0.2) is 0 Å². The molecule has 2 atom stereocenters. The van der Waals surface area contributed by atoms with Crippen molar-refractivity contribution in [3.8, 4) is 0 Å². The Morgan fingerprint density at radius 1 is 1.43 bits per heavy atom. The zero-order valence-electron chi connectivity index (χ0n) is 16.8. The van der Waals surface area contributed by atoms with Crippen molar-refractivity contribution in [1.29, 1.82) is 0 Å². The van der Waals surface area contributed by atoms with E-state index < -0.39 is 5.60 Å². The zero-order valence-corrected chi connectivity index (χ0v) is 17.6. The summed E-state index contributed by atoms with van der Waals surface area (Å²) in [5.41, 5.74) is 1.50. The molecule has 4 heterocycles. The minimum atomic E-state index is -0.856. The van der Waals surface area contributed by atoms with Crippen molar-refractivity contribution in [2.24, 2.45) is 7.05 Å². The van der Waals surface area contributed by atoms with E-state index >= 15 is 0 Å². The Hall–Kier alpha value is -1.74. The third-order valence-corrected chi connectivity index (χ3v) is 6.96. The molecular weight excluding hydrogens is 376 g/mol. The van der Waals surface area contributed by atoms with Crippen LogP contribution >= 0.6 is 11.3 Å². The number of nitrogens with zero attached hydrogens (tertiary/aromatic N) is 4. The van der Waals surface area contributed by atoms with E-state index in [1.807, 2.05) is 22.7 Å². The highest BCUT2D eigenvalue weighted by Crippen LogP contribution is 2.42. The van der Waals surface area contributed by atoms with Gasteiger partial charge in [0.15, 0.2) is 5.60 Å². The molecule has 0 aromatic carbocycles. The number of carbonyl (C=O) groups excluding carboxylic acids is 1. The fraction of sp³-hybridized carbons (Fsp3) is 0.600. The van der Waals surface area contributed by atoms with E-state index in [1.165, 1.54) is 10.4 Å². The van der Waals surface area contributed by atoms with Crippen LogP contribution in [0.4, 0.5) is 0 Å². The molecule has 1 spiro atoms. The predicted molar refractivity (Wildman–Crippen MR) is 107 cm³/mol. The molecule has 1 amide bonds. The molecule has 0 N–H and O–H groups in total. The van der Waals surface area contributed by atoms with E-state index in [-0.39, 0.29) is 11.8 Å². The lowest BCUT2D eigenvalue weighted by atomic mass is 9.85. The molecule has 2 aliphatic heterocycles. The summed E-state index contributed by atoms with van der Waals surface area (Å²) in [6, 6.07) is 4.16. The lowest BCUT2D eigenvalue weighted by Crippen LogP contribution is -2.60. The first-order chi connectivity index (χ1) is 13.5. The molecule has 2 aromatic rings. The first kappa shape index (κ1) is 19.6. The molecule has 2 saturated heterocycles. The zero-order chi connectivity index (χ0) is 19.7. The molecule has 2 aliphatic rings. The Labute approximate surface area is 169 Å². The largest absolute Gasteiger partial charge is 0.383 e. The molecule has 0 radical (unpaired) electrons. The van der Waals surface area contributed by atoms with Crippen molar-refractivity contribution in [3.63, 3.8) is 0 Å². The van der Waals surface area contributed by atoms with E-state index in [0.717, 1.165) is 18.8 Å². The summed E-state index contributed by atoms with van der Waals surface area (Å²) in [6.45, 7) is 6.67. The lowest BCUT2D eigenvalue weighted by Gasteiger charge is -2.42. The number of amides is 1. The lowest BCUT2D eigenvalue weighted by molar-refractivity contribution is -0.173. The molecular formula is C20H28N4O3S. The van der Waals surface area contributed by atoms with Gasteiger partial charge in [0.2, 0.25) is 0 Å².